The van der Waals surface area contributed by atoms with Gasteiger partial charge in [-0.2, -0.15) is 0 Å². The first-order valence-electron chi connectivity index (χ1n) is 8.10. The van der Waals surface area contributed by atoms with E-state index in [4.69, 9.17) is 4.74 Å². The molecule has 1 aromatic rings. The molecule has 0 saturated carbocycles. The van der Waals surface area contributed by atoms with Gasteiger partial charge in [0.05, 0.1) is 6.04 Å². The summed E-state index contributed by atoms with van der Waals surface area (Å²) in [7, 11) is 0. The van der Waals surface area contributed by atoms with Crippen molar-refractivity contribution in [3.8, 4) is 0 Å². The van der Waals surface area contributed by atoms with Crippen molar-refractivity contribution in [2.45, 2.75) is 25.6 Å². The fourth-order valence-corrected chi connectivity index (χ4v) is 3.50. The standard InChI is InChI=1S/C17H25N3O2.3ClH/c1-14(21)22-17-13-19(11-15-5-3-2-4-6-15)12-16(17)20-9-7-18-8-10-20;;;/h2-6,16-18H,7-13H2,1H3;3*1H. The molecule has 0 spiro atoms. The molecule has 0 radical (unpaired) electrons. The SMILES string of the molecule is CC(=O)OC1CN(Cc2ccccc2)CC1N1CCNCC1.Cl.Cl.Cl. The predicted molar refractivity (Wildman–Crippen MR) is 107 cm³/mol. The Morgan fingerprint density at radius 3 is 2.36 bits per heavy atom. The molecule has 25 heavy (non-hydrogen) atoms. The van der Waals surface area contributed by atoms with E-state index in [-0.39, 0.29) is 49.3 Å². The van der Waals surface area contributed by atoms with Crippen LogP contribution in [0.15, 0.2) is 30.3 Å². The number of hydrogen-bond acceptors (Lipinski definition) is 5. The molecule has 0 bridgehead atoms. The summed E-state index contributed by atoms with van der Waals surface area (Å²) in [6, 6.07) is 10.8. The number of likely N-dealkylation sites (tertiary alicyclic amines) is 1. The number of benzene rings is 1. The minimum absolute atomic E-state index is 0. The van der Waals surface area contributed by atoms with E-state index in [0.717, 1.165) is 45.8 Å². The largest absolute Gasteiger partial charge is 0.459 e. The van der Waals surface area contributed by atoms with Gasteiger partial charge in [-0.3, -0.25) is 14.6 Å². The number of piperazine rings is 1. The van der Waals surface area contributed by atoms with Gasteiger partial charge in [-0.25, -0.2) is 0 Å². The molecular weight excluding hydrogens is 385 g/mol. The smallest absolute Gasteiger partial charge is 0.303 e. The first kappa shape index (κ1) is 24.4. The van der Waals surface area contributed by atoms with E-state index in [1.807, 2.05) is 6.07 Å². The quantitative estimate of drug-likeness (QED) is 0.766. The number of halogens is 3. The molecule has 5 nitrogen and oxygen atoms in total. The van der Waals surface area contributed by atoms with Gasteiger partial charge in [-0.1, -0.05) is 30.3 Å². The molecule has 2 unspecified atom stereocenters. The van der Waals surface area contributed by atoms with Gasteiger partial charge >= 0.3 is 5.97 Å². The number of ether oxygens (including phenoxy) is 1. The van der Waals surface area contributed by atoms with E-state index in [1.54, 1.807) is 0 Å². The molecule has 0 aliphatic carbocycles. The molecule has 2 fully saturated rings. The summed E-state index contributed by atoms with van der Waals surface area (Å²) >= 11 is 0. The Morgan fingerprint density at radius 2 is 1.76 bits per heavy atom. The molecule has 2 saturated heterocycles. The minimum Gasteiger partial charge on any atom is -0.459 e. The summed E-state index contributed by atoms with van der Waals surface area (Å²) < 4.78 is 5.60. The van der Waals surface area contributed by atoms with Crippen molar-refractivity contribution in [1.82, 2.24) is 15.1 Å². The van der Waals surface area contributed by atoms with Crippen molar-refractivity contribution in [2.24, 2.45) is 0 Å². The summed E-state index contributed by atoms with van der Waals surface area (Å²) in [6.07, 6.45) is -0.0145. The fourth-order valence-electron chi connectivity index (χ4n) is 3.50. The van der Waals surface area contributed by atoms with Crippen LogP contribution in [0.2, 0.25) is 0 Å². The Balaban J connectivity index is 0.00000192. The molecule has 8 heteroatoms. The van der Waals surface area contributed by atoms with Crippen molar-refractivity contribution in [3.63, 3.8) is 0 Å². The van der Waals surface area contributed by atoms with Crippen LogP contribution in [-0.2, 0) is 16.1 Å². The Kier molecular flexibility index (Phi) is 11.7. The molecule has 2 heterocycles. The number of nitrogens with one attached hydrogen (secondary N) is 1. The summed E-state index contributed by atoms with van der Waals surface area (Å²) in [5.41, 5.74) is 1.31. The molecule has 2 aliphatic heterocycles. The van der Waals surface area contributed by atoms with Crippen LogP contribution in [0.3, 0.4) is 0 Å². The Hall–Kier alpha value is -0.560. The topological polar surface area (TPSA) is 44.8 Å². The number of hydrogen-bond donors (Lipinski definition) is 1. The van der Waals surface area contributed by atoms with Gasteiger partial charge in [0.25, 0.3) is 0 Å². The first-order chi connectivity index (χ1) is 10.7. The first-order valence-corrected chi connectivity index (χ1v) is 8.10. The van der Waals surface area contributed by atoms with E-state index < -0.39 is 0 Å². The van der Waals surface area contributed by atoms with Crippen LogP contribution in [0.5, 0.6) is 0 Å². The lowest BCUT2D eigenvalue weighted by Crippen LogP contribution is -2.53. The van der Waals surface area contributed by atoms with Gasteiger partial charge in [0.1, 0.15) is 6.10 Å². The Bertz CT molecular complexity index is 501. The second kappa shape index (κ2) is 11.9. The van der Waals surface area contributed by atoms with Crippen LogP contribution in [0, 0.1) is 0 Å². The molecule has 2 aliphatic rings. The Morgan fingerprint density at radius 1 is 1.12 bits per heavy atom. The second-order valence-corrected chi connectivity index (χ2v) is 6.18. The summed E-state index contributed by atoms with van der Waals surface area (Å²) in [4.78, 5) is 16.3. The fraction of sp³-hybridized carbons (Fsp3) is 0.588. The van der Waals surface area contributed by atoms with Crippen molar-refractivity contribution in [3.05, 3.63) is 35.9 Å². The van der Waals surface area contributed by atoms with E-state index in [0.29, 0.717) is 6.04 Å². The van der Waals surface area contributed by atoms with Gasteiger partial charge in [0, 0.05) is 52.7 Å². The zero-order chi connectivity index (χ0) is 15.4. The number of rotatable bonds is 4. The van der Waals surface area contributed by atoms with E-state index in [9.17, 15) is 4.79 Å². The molecule has 3 rings (SSSR count). The third kappa shape index (κ3) is 6.93. The van der Waals surface area contributed by atoms with Crippen LogP contribution >= 0.6 is 37.2 Å². The summed E-state index contributed by atoms with van der Waals surface area (Å²) in [6.45, 7) is 8.30. The third-order valence-electron chi connectivity index (χ3n) is 4.50. The van der Waals surface area contributed by atoms with Gasteiger partial charge in [0.15, 0.2) is 0 Å². The summed E-state index contributed by atoms with van der Waals surface area (Å²) in [5, 5.41) is 3.38. The minimum atomic E-state index is -0.174. The molecule has 1 N–H and O–H groups in total. The maximum Gasteiger partial charge on any atom is 0.303 e. The maximum atomic E-state index is 11.4. The highest BCUT2D eigenvalue weighted by Gasteiger charge is 2.38. The highest BCUT2D eigenvalue weighted by molar-refractivity contribution is 5.86. The molecule has 1 aromatic carbocycles. The molecular formula is C17H28Cl3N3O2. The van der Waals surface area contributed by atoms with Crippen molar-refractivity contribution in [1.29, 1.82) is 0 Å². The normalized spacial score (nSPS) is 23.7. The zero-order valence-electron chi connectivity index (χ0n) is 14.4. The molecule has 0 aromatic heterocycles. The number of carbonyl (C=O) groups excluding carboxylic acids is 1. The second-order valence-electron chi connectivity index (χ2n) is 6.18. The lowest BCUT2D eigenvalue weighted by atomic mass is 10.1. The van der Waals surface area contributed by atoms with Gasteiger partial charge in [-0.05, 0) is 5.56 Å². The third-order valence-corrected chi connectivity index (χ3v) is 4.50. The molecule has 0 amide bonds. The molecule has 144 valence electrons. The Labute approximate surface area is 168 Å². The van der Waals surface area contributed by atoms with E-state index in [2.05, 4.69) is 39.4 Å². The van der Waals surface area contributed by atoms with Gasteiger partial charge in [0.2, 0.25) is 0 Å². The number of esters is 1. The average Bonchev–Trinajstić information content (AvgIpc) is 2.91. The monoisotopic (exact) mass is 411 g/mol. The van der Waals surface area contributed by atoms with E-state index >= 15 is 0 Å². The average molecular weight is 413 g/mol. The van der Waals surface area contributed by atoms with Gasteiger partial charge in [-0.15, -0.1) is 37.2 Å². The van der Waals surface area contributed by atoms with Crippen molar-refractivity contribution >= 4 is 43.2 Å². The number of carbonyl (C=O) groups is 1. The highest BCUT2D eigenvalue weighted by Crippen LogP contribution is 2.22. The van der Waals surface area contributed by atoms with Crippen LogP contribution in [0.1, 0.15) is 12.5 Å². The lowest BCUT2D eigenvalue weighted by Gasteiger charge is -2.35. The lowest BCUT2D eigenvalue weighted by molar-refractivity contribution is -0.148. The molecule has 2 atom stereocenters. The number of nitrogens with zero attached hydrogens (tertiary/aromatic N) is 2. The van der Waals surface area contributed by atoms with Crippen LogP contribution in [0.25, 0.3) is 0 Å². The highest BCUT2D eigenvalue weighted by atomic mass is 35.5. The zero-order valence-corrected chi connectivity index (χ0v) is 16.9. The summed E-state index contributed by atoms with van der Waals surface area (Å²) in [5.74, 6) is -0.174. The van der Waals surface area contributed by atoms with Crippen LogP contribution in [-0.4, -0.2) is 67.2 Å². The van der Waals surface area contributed by atoms with Crippen LogP contribution in [0.4, 0.5) is 0 Å². The van der Waals surface area contributed by atoms with E-state index in [1.165, 1.54) is 12.5 Å². The van der Waals surface area contributed by atoms with Gasteiger partial charge < -0.3 is 10.1 Å². The predicted octanol–water partition coefficient (Wildman–Crippen LogP) is 1.97. The van der Waals surface area contributed by atoms with Crippen molar-refractivity contribution < 1.29 is 9.53 Å². The van der Waals surface area contributed by atoms with Crippen molar-refractivity contribution in [2.75, 3.05) is 39.3 Å². The van der Waals surface area contributed by atoms with Crippen LogP contribution < -0.4 is 5.32 Å². The maximum absolute atomic E-state index is 11.4.